The highest BCUT2D eigenvalue weighted by Gasteiger charge is 2.28. The van der Waals surface area contributed by atoms with Gasteiger partial charge in [0.05, 0.1) is 31.6 Å². The molecular formula is C11H20N2O7S. The predicted octanol–water partition coefficient (Wildman–Crippen LogP) is -1.72. The molecule has 122 valence electrons. The largest absolute Gasteiger partial charge is 0.480 e. The number of amides is 2. The number of carbonyl (C=O) groups excluding carboxylic acids is 1. The molecule has 0 aromatic rings. The van der Waals surface area contributed by atoms with Crippen LogP contribution in [0.1, 0.15) is 6.42 Å². The van der Waals surface area contributed by atoms with Gasteiger partial charge in [0.2, 0.25) is 0 Å². The molecule has 1 rings (SSSR count). The van der Waals surface area contributed by atoms with Crippen molar-refractivity contribution in [2.75, 3.05) is 38.3 Å². The molecule has 1 heterocycles. The van der Waals surface area contributed by atoms with Crippen LogP contribution in [0.15, 0.2) is 0 Å². The first-order valence-electron chi connectivity index (χ1n) is 6.41. The number of rotatable bonds is 6. The molecule has 2 atom stereocenters. The Morgan fingerprint density at radius 1 is 1.48 bits per heavy atom. The van der Waals surface area contributed by atoms with E-state index in [1.807, 2.05) is 0 Å². The Hall–Kier alpha value is -1.39. The lowest BCUT2D eigenvalue weighted by atomic mass is 10.2. The second-order valence-corrected chi connectivity index (χ2v) is 7.14. The second kappa shape index (κ2) is 7.57. The van der Waals surface area contributed by atoms with Crippen LogP contribution in [-0.2, 0) is 19.4 Å². The monoisotopic (exact) mass is 324 g/mol. The average molecular weight is 324 g/mol. The first-order valence-corrected chi connectivity index (χ1v) is 8.47. The Balaban J connectivity index is 2.57. The molecular weight excluding hydrogens is 304 g/mol. The Morgan fingerprint density at radius 2 is 2.14 bits per heavy atom. The van der Waals surface area contributed by atoms with Crippen molar-refractivity contribution in [3.05, 3.63) is 0 Å². The summed E-state index contributed by atoms with van der Waals surface area (Å²) in [5.41, 5.74) is 0. The molecule has 2 unspecified atom stereocenters. The van der Waals surface area contributed by atoms with Crippen molar-refractivity contribution in [1.82, 2.24) is 10.2 Å². The molecule has 1 fully saturated rings. The molecule has 0 saturated carbocycles. The van der Waals surface area contributed by atoms with E-state index in [2.05, 4.69) is 5.32 Å². The maximum Gasteiger partial charge on any atom is 0.326 e. The summed E-state index contributed by atoms with van der Waals surface area (Å²) in [6, 6.07) is -1.89. The standard InChI is InChI=1S/C11H20N2O7S/c1-21(18,19)5-2-9(10(15)16)12-11(17)13-3-4-20-8(6-13)7-14/h8-9,14H,2-7H2,1H3,(H,12,17)(H,15,16). The van der Waals surface area contributed by atoms with Crippen molar-refractivity contribution >= 4 is 21.8 Å². The van der Waals surface area contributed by atoms with Crippen LogP contribution in [0, 0.1) is 0 Å². The number of carboxylic acids is 1. The minimum atomic E-state index is -3.31. The van der Waals surface area contributed by atoms with E-state index in [9.17, 15) is 18.0 Å². The predicted molar refractivity (Wildman–Crippen MR) is 72.7 cm³/mol. The van der Waals surface area contributed by atoms with Crippen molar-refractivity contribution in [1.29, 1.82) is 0 Å². The lowest BCUT2D eigenvalue weighted by molar-refractivity contribution is -0.139. The average Bonchev–Trinajstić information content (AvgIpc) is 2.41. The zero-order chi connectivity index (χ0) is 16.0. The quantitative estimate of drug-likeness (QED) is 0.529. The van der Waals surface area contributed by atoms with Crippen molar-refractivity contribution in [3.63, 3.8) is 0 Å². The summed E-state index contributed by atoms with van der Waals surface area (Å²) in [6.45, 7) is 0.446. The summed E-state index contributed by atoms with van der Waals surface area (Å²) in [5, 5.41) is 20.3. The lowest BCUT2D eigenvalue weighted by Gasteiger charge is -2.32. The van der Waals surface area contributed by atoms with Gasteiger partial charge in [-0.15, -0.1) is 0 Å². The molecule has 9 nitrogen and oxygen atoms in total. The van der Waals surface area contributed by atoms with E-state index < -0.39 is 34.0 Å². The van der Waals surface area contributed by atoms with Gasteiger partial charge in [-0.1, -0.05) is 0 Å². The van der Waals surface area contributed by atoms with Crippen LogP contribution in [0.2, 0.25) is 0 Å². The molecule has 0 aromatic heterocycles. The fourth-order valence-electron chi connectivity index (χ4n) is 1.84. The molecule has 10 heteroatoms. The van der Waals surface area contributed by atoms with Gasteiger partial charge in [-0.2, -0.15) is 0 Å². The van der Waals surface area contributed by atoms with Crippen molar-refractivity contribution in [2.45, 2.75) is 18.6 Å². The highest BCUT2D eigenvalue weighted by Crippen LogP contribution is 2.06. The van der Waals surface area contributed by atoms with Gasteiger partial charge in [0.1, 0.15) is 15.9 Å². The van der Waals surface area contributed by atoms with Gasteiger partial charge in [-0.25, -0.2) is 18.0 Å². The van der Waals surface area contributed by atoms with Crippen LogP contribution in [0.4, 0.5) is 4.79 Å². The Labute approximate surface area is 122 Å². The van der Waals surface area contributed by atoms with Gasteiger partial charge in [0, 0.05) is 12.8 Å². The number of ether oxygens (including phenoxy) is 1. The summed E-state index contributed by atoms with van der Waals surface area (Å²) >= 11 is 0. The van der Waals surface area contributed by atoms with E-state index in [0.717, 1.165) is 6.26 Å². The fourth-order valence-corrected chi connectivity index (χ4v) is 2.51. The highest BCUT2D eigenvalue weighted by atomic mass is 32.2. The molecule has 1 aliphatic rings. The summed E-state index contributed by atoms with van der Waals surface area (Å²) in [6.07, 6.45) is 0.304. The number of aliphatic carboxylic acids is 1. The molecule has 1 aliphatic heterocycles. The lowest BCUT2D eigenvalue weighted by Crippen LogP contribution is -2.54. The van der Waals surface area contributed by atoms with Gasteiger partial charge in [0.15, 0.2) is 0 Å². The molecule has 3 N–H and O–H groups in total. The minimum Gasteiger partial charge on any atom is -0.480 e. The molecule has 1 saturated heterocycles. The molecule has 0 aromatic carbocycles. The van der Waals surface area contributed by atoms with Crippen LogP contribution in [0.25, 0.3) is 0 Å². The minimum absolute atomic E-state index is 0.154. The number of carboxylic acid groups (broad SMARTS) is 1. The van der Waals surface area contributed by atoms with Gasteiger partial charge < -0.3 is 25.2 Å². The normalized spacial score (nSPS) is 20.9. The Kier molecular flexibility index (Phi) is 6.37. The number of sulfone groups is 1. The van der Waals surface area contributed by atoms with Crippen molar-refractivity contribution in [3.8, 4) is 0 Å². The van der Waals surface area contributed by atoms with Gasteiger partial charge in [-0.3, -0.25) is 0 Å². The van der Waals surface area contributed by atoms with Crippen molar-refractivity contribution in [2.24, 2.45) is 0 Å². The number of morpholine rings is 1. The first kappa shape index (κ1) is 17.7. The number of carbonyl (C=O) groups is 2. The summed E-state index contributed by atoms with van der Waals surface area (Å²) in [4.78, 5) is 24.4. The van der Waals surface area contributed by atoms with Crippen LogP contribution in [-0.4, -0.2) is 86.0 Å². The second-order valence-electron chi connectivity index (χ2n) is 4.88. The van der Waals surface area contributed by atoms with E-state index in [-0.39, 0.29) is 38.5 Å². The maximum absolute atomic E-state index is 12.0. The number of urea groups is 1. The van der Waals surface area contributed by atoms with Crippen LogP contribution in [0.3, 0.4) is 0 Å². The number of nitrogens with one attached hydrogen (secondary N) is 1. The molecule has 0 bridgehead atoms. The van der Waals surface area contributed by atoms with Crippen LogP contribution in [0.5, 0.6) is 0 Å². The van der Waals surface area contributed by atoms with E-state index >= 15 is 0 Å². The summed E-state index contributed by atoms with van der Waals surface area (Å²) in [5.74, 6) is -1.62. The first-order chi connectivity index (χ1) is 9.73. The van der Waals surface area contributed by atoms with Crippen LogP contribution >= 0.6 is 0 Å². The third kappa shape index (κ3) is 6.27. The summed E-state index contributed by atoms with van der Waals surface area (Å²) in [7, 11) is -3.31. The smallest absolute Gasteiger partial charge is 0.326 e. The highest BCUT2D eigenvalue weighted by molar-refractivity contribution is 7.90. The van der Waals surface area contributed by atoms with E-state index in [1.54, 1.807) is 0 Å². The molecule has 0 aliphatic carbocycles. The number of hydrogen-bond acceptors (Lipinski definition) is 6. The molecule has 0 radical (unpaired) electrons. The van der Waals surface area contributed by atoms with Gasteiger partial charge in [-0.05, 0) is 6.42 Å². The maximum atomic E-state index is 12.0. The van der Waals surface area contributed by atoms with Gasteiger partial charge >= 0.3 is 12.0 Å². The van der Waals surface area contributed by atoms with Gasteiger partial charge in [0.25, 0.3) is 0 Å². The van der Waals surface area contributed by atoms with Crippen molar-refractivity contribution < 1.29 is 33.0 Å². The topological polar surface area (TPSA) is 133 Å². The number of hydrogen-bond donors (Lipinski definition) is 3. The third-order valence-corrected chi connectivity index (χ3v) is 3.98. The zero-order valence-electron chi connectivity index (χ0n) is 11.7. The molecule has 2 amide bonds. The number of aliphatic hydroxyl groups excluding tert-OH is 1. The van der Waals surface area contributed by atoms with E-state index in [4.69, 9.17) is 14.9 Å². The van der Waals surface area contributed by atoms with Crippen LogP contribution < -0.4 is 5.32 Å². The fraction of sp³-hybridized carbons (Fsp3) is 0.818. The number of aliphatic hydroxyl groups is 1. The molecule has 0 spiro atoms. The Morgan fingerprint density at radius 3 is 2.67 bits per heavy atom. The molecule has 21 heavy (non-hydrogen) atoms. The number of nitrogens with zero attached hydrogens (tertiary/aromatic N) is 1. The van der Waals surface area contributed by atoms with E-state index in [0.29, 0.717) is 0 Å². The SMILES string of the molecule is CS(=O)(=O)CCC(NC(=O)N1CCOC(CO)C1)C(=O)O. The Bertz CT molecular complexity index is 479. The summed E-state index contributed by atoms with van der Waals surface area (Å²) < 4.78 is 27.3. The third-order valence-electron chi connectivity index (χ3n) is 3.00. The van der Waals surface area contributed by atoms with E-state index in [1.165, 1.54) is 4.90 Å². The zero-order valence-corrected chi connectivity index (χ0v) is 12.5.